The van der Waals surface area contributed by atoms with Crippen LogP contribution in [-0.2, 0) is 20.7 Å². The minimum absolute atomic E-state index is 0.268. The molecule has 160 valence electrons. The van der Waals surface area contributed by atoms with E-state index in [1.165, 1.54) is 17.6 Å². The maximum Gasteiger partial charge on any atom is 0.332 e. The summed E-state index contributed by atoms with van der Waals surface area (Å²) in [6, 6.07) is 19.0. The van der Waals surface area contributed by atoms with E-state index in [1.807, 2.05) is 31.2 Å². The fraction of sp³-hybridized carbons (Fsp3) is 0.440. The van der Waals surface area contributed by atoms with Crippen LogP contribution in [0.1, 0.15) is 36.3 Å². The summed E-state index contributed by atoms with van der Waals surface area (Å²) < 4.78 is 28.1. The van der Waals surface area contributed by atoms with Gasteiger partial charge in [-0.1, -0.05) is 62.3 Å². The molecule has 3 rings (SSSR count). The average Bonchev–Trinajstić information content (AvgIpc) is 2.79. The van der Waals surface area contributed by atoms with E-state index in [2.05, 4.69) is 17.0 Å². The molecule has 5 nitrogen and oxygen atoms in total. The second kappa shape index (κ2) is 9.90. The Balaban J connectivity index is 1.91. The molecule has 0 unspecified atom stereocenters. The number of piperidine rings is 1. The van der Waals surface area contributed by atoms with E-state index < -0.39 is 30.7 Å². The maximum absolute atomic E-state index is 13.4. The fourth-order valence-corrected chi connectivity index (χ4v) is 4.50. The Morgan fingerprint density at radius 2 is 1.83 bits per heavy atom. The van der Waals surface area contributed by atoms with Crippen LogP contribution in [-0.4, -0.2) is 49.1 Å². The Labute approximate surface area is 183 Å². The topological polar surface area (TPSA) is 49.9 Å². The number of rotatable bonds is 7. The predicted molar refractivity (Wildman–Crippen MR) is 119 cm³/mol. The van der Waals surface area contributed by atoms with Gasteiger partial charge in [0.1, 0.15) is 5.54 Å². The first kappa shape index (κ1) is 18.1. The molecule has 0 aromatic heterocycles. The van der Waals surface area contributed by atoms with Crippen LogP contribution in [0.5, 0.6) is 0 Å². The Kier molecular flexibility index (Phi) is 5.98. The van der Waals surface area contributed by atoms with Gasteiger partial charge in [0.05, 0.1) is 7.11 Å². The highest BCUT2D eigenvalue weighted by molar-refractivity contribution is 6.02. The molecule has 1 fully saturated rings. The van der Waals surface area contributed by atoms with E-state index >= 15 is 0 Å². The van der Waals surface area contributed by atoms with E-state index in [9.17, 15) is 9.59 Å². The summed E-state index contributed by atoms with van der Waals surface area (Å²) >= 11 is 0. The highest BCUT2D eigenvalue weighted by Crippen LogP contribution is 2.39. The Morgan fingerprint density at radius 1 is 1.17 bits per heavy atom. The molecule has 2 aromatic rings. The van der Waals surface area contributed by atoms with E-state index in [-0.39, 0.29) is 5.92 Å². The molecule has 1 saturated heterocycles. The van der Waals surface area contributed by atoms with Crippen LogP contribution in [0.4, 0.5) is 5.69 Å². The smallest absolute Gasteiger partial charge is 0.332 e. The molecule has 1 amide bonds. The fourth-order valence-electron chi connectivity index (χ4n) is 4.50. The zero-order valence-corrected chi connectivity index (χ0v) is 17.7. The summed E-state index contributed by atoms with van der Waals surface area (Å²) in [5, 5.41) is 0. The molecule has 1 aliphatic heterocycles. The molecular formula is C25H32N2O3. The van der Waals surface area contributed by atoms with Gasteiger partial charge in [0.15, 0.2) is 0 Å². The van der Waals surface area contributed by atoms with Crippen molar-refractivity contribution in [3.63, 3.8) is 0 Å². The van der Waals surface area contributed by atoms with E-state index in [1.54, 1.807) is 24.3 Å². The summed E-state index contributed by atoms with van der Waals surface area (Å²) in [5.41, 5.74) is 0.470. The van der Waals surface area contributed by atoms with E-state index in [4.69, 9.17) is 8.85 Å². The SMILES string of the molecule is [2H]C([2H])([2H])CC(=O)N(c1ccccc1)[C@@]1(C(=O)OC)CCN(CCc2ccccc2)C[C@H]1C. The van der Waals surface area contributed by atoms with Crippen LogP contribution >= 0.6 is 0 Å². The number of ether oxygens (including phenoxy) is 1. The van der Waals surface area contributed by atoms with Gasteiger partial charge in [0.25, 0.3) is 0 Å². The number of nitrogens with zero attached hydrogens (tertiary/aromatic N) is 2. The summed E-state index contributed by atoms with van der Waals surface area (Å²) in [7, 11) is 1.32. The zero-order chi connectivity index (χ0) is 24.1. The highest BCUT2D eigenvalue weighted by atomic mass is 16.5. The van der Waals surface area contributed by atoms with Gasteiger partial charge in [0, 0.05) is 41.8 Å². The lowest BCUT2D eigenvalue weighted by Gasteiger charge is -2.50. The Bertz CT molecular complexity index is 937. The molecule has 1 aliphatic rings. The monoisotopic (exact) mass is 411 g/mol. The number of anilines is 1. The van der Waals surface area contributed by atoms with Crippen LogP contribution in [0, 0.1) is 5.92 Å². The third-order valence-corrected chi connectivity index (χ3v) is 6.07. The molecule has 5 heteroatoms. The first-order valence-corrected chi connectivity index (χ1v) is 10.4. The van der Waals surface area contributed by atoms with Crippen LogP contribution < -0.4 is 4.90 Å². The van der Waals surface area contributed by atoms with Crippen molar-refractivity contribution >= 4 is 17.6 Å². The molecule has 2 atom stereocenters. The lowest BCUT2D eigenvalue weighted by Crippen LogP contribution is -2.67. The molecule has 0 spiro atoms. The number of hydrogen-bond acceptors (Lipinski definition) is 4. The van der Waals surface area contributed by atoms with Gasteiger partial charge < -0.3 is 9.64 Å². The number of esters is 1. The van der Waals surface area contributed by atoms with Crippen LogP contribution in [0.2, 0.25) is 0 Å². The molecule has 0 saturated carbocycles. The van der Waals surface area contributed by atoms with Gasteiger partial charge in [-0.3, -0.25) is 9.69 Å². The largest absolute Gasteiger partial charge is 0.467 e. The predicted octanol–water partition coefficient (Wildman–Crippen LogP) is 3.93. The first-order chi connectivity index (χ1) is 15.7. The minimum atomic E-state index is -2.44. The van der Waals surface area contributed by atoms with Crippen molar-refractivity contribution in [2.24, 2.45) is 5.92 Å². The van der Waals surface area contributed by atoms with Crippen molar-refractivity contribution in [2.75, 3.05) is 31.6 Å². The molecule has 0 N–H and O–H groups in total. The third-order valence-electron chi connectivity index (χ3n) is 6.07. The van der Waals surface area contributed by atoms with Gasteiger partial charge in [0.2, 0.25) is 5.91 Å². The van der Waals surface area contributed by atoms with Crippen molar-refractivity contribution < 1.29 is 18.4 Å². The number of methoxy groups -OCH3 is 1. The number of amides is 1. The lowest BCUT2D eigenvalue weighted by atomic mass is 9.76. The maximum atomic E-state index is 13.4. The average molecular weight is 412 g/mol. The molecule has 0 radical (unpaired) electrons. The quantitative estimate of drug-likeness (QED) is 0.648. The van der Waals surface area contributed by atoms with Crippen LogP contribution in [0.3, 0.4) is 0 Å². The minimum Gasteiger partial charge on any atom is -0.467 e. The summed E-state index contributed by atoms with van der Waals surface area (Å²) in [6.07, 6.45) is 0.599. The number of para-hydroxylation sites is 1. The Morgan fingerprint density at radius 3 is 2.43 bits per heavy atom. The third kappa shape index (κ3) is 4.41. The van der Waals surface area contributed by atoms with Gasteiger partial charge in [-0.25, -0.2) is 4.79 Å². The summed E-state index contributed by atoms with van der Waals surface area (Å²) in [4.78, 5) is 30.3. The van der Waals surface area contributed by atoms with Gasteiger partial charge in [-0.05, 0) is 30.5 Å². The van der Waals surface area contributed by atoms with Gasteiger partial charge in [-0.2, -0.15) is 0 Å². The van der Waals surface area contributed by atoms with Gasteiger partial charge >= 0.3 is 5.97 Å². The number of hydrogen-bond donors (Lipinski definition) is 0. The molecule has 0 aliphatic carbocycles. The first-order valence-electron chi connectivity index (χ1n) is 11.9. The summed E-state index contributed by atoms with van der Waals surface area (Å²) in [5.74, 6) is -1.38. The normalized spacial score (nSPS) is 23.7. The van der Waals surface area contributed by atoms with Crippen molar-refractivity contribution in [2.45, 2.75) is 38.6 Å². The number of carbonyl (C=O) groups excluding carboxylic acids is 2. The van der Waals surface area contributed by atoms with Crippen molar-refractivity contribution in [3.8, 4) is 0 Å². The number of carbonyl (C=O) groups is 2. The lowest BCUT2D eigenvalue weighted by molar-refractivity contribution is -0.153. The highest BCUT2D eigenvalue weighted by Gasteiger charge is 2.54. The van der Waals surface area contributed by atoms with Gasteiger partial charge in [-0.15, -0.1) is 0 Å². The van der Waals surface area contributed by atoms with Crippen molar-refractivity contribution in [1.82, 2.24) is 4.90 Å². The van der Waals surface area contributed by atoms with Crippen LogP contribution in [0.25, 0.3) is 0 Å². The van der Waals surface area contributed by atoms with E-state index in [0.29, 0.717) is 25.2 Å². The molecule has 2 aromatic carbocycles. The number of likely N-dealkylation sites (tertiary alicyclic amines) is 1. The zero-order valence-electron chi connectivity index (χ0n) is 20.7. The van der Waals surface area contributed by atoms with Crippen molar-refractivity contribution in [3.05, 3.63) is 66.2 Å². The standard InChI is InChI=1S/C25H32N2O3/c1-4-23(28)27(22-13-9-6-10-14-22)25(24(29)30-3)16-18-26(19-20(25)2)17-15-21-11-7-5-8-12-21/h5-14,20H,4,15-19H2,1-3H3/t20-,25+/m1/s1/i1D3. The van der Waals surface area contributed by atoms with E-state index in [0.717, 1.165) is 13.0 Å². The second-order valence-electron chi connectivity index (χ2n) is 7.84. The molecular weight excluding hydrogens is 376 g/mol. The molecule has 1 heterocycles. The molecule has 30 heavy (non-hydrogen) atoms. The number of benzene rings is 2. The van der Waals surface area contributed by atoms with Crippen LogP contribution in [0.15, 0.2) is 60.7 Å². The summed E-state index contributed by atoms with van der Waals surface area (Å²) in [6.45, 7) is 1.51. The van der Waals surface area contributed by atoms with Crippen molar-refractivity contribution in [1.29, 1.82) is 0 Å². The second-order valence-corrected chi connectivity index (χ2v) is 7.84. The molecule has 0 bridgehead atoms. The Hall–Kier alpha value is -2.66.